The Morgan fingerprint density at radius 3 is 1.21 bits per heavy atom. The van der Waals surface area contributed by atoms with Gasteiger partial charge < -0.3 is 51.9 Å². The maximum absolute atomic E-state index is 11.6. The number of methoxy groups -OCH3 is 4. The fourth-order valence-electron chi connectivity index (χ4n) is 17.8. The van der Waals surface area contributed by atoms with Gasteiger partial charge in [0.2, 0.25) is 0 Å². The van der Waals surface area contributed by atoms with Crippen LogP contribution in [0, 0.1) is 0 Å². The lowest BCUT2D eigenvalue weighted by Crippen LogP contribution is -2.41. The lowest BCUT2D eigenvalue weighted by molar-refractivity contribution is -0.141. The van der Waals surface area contributed by atoms with E-state index in [1.165, 1.54) is 103 Å². The van der Waals surface area contributed by atoms with Crippen LogP contribution in [0.4, 0.5) is 0 Å². The Kier molecular flexibility index (Phi) is 25.2. The maximum Gasteiger partial charge on any atom is 0.306 e. The molecule has 16 rings (SSSR count). The van der Waals surface area contributed by atoms with E-state index >= 15 is 0 Å². The number of ether oxygens (including phenoxy) is 6. The first-order valence-electron chi connectivity index (χ1n) is 41.3. The molecular weight excluding hydrogens is 1470 g/mol. The van der Waals surface area contributed by atoms with Crippen molar-refractivity contribution in [2.24, 2.45) is 0 Å². The van der Waals surface area contributed by atoms with Gasteiger partial charge >= 0.3 is 5.97 Å². The minimum atomic E-state index is -1.76. The summed E-state index contributed by atoms with van der Waals surface area (Å²) >= 11 is 3.65. The average Bonchev–Trinajstić information content (AvgIpc) is 1.76. The van der Waals surface area contributed by atoms with Crippen molar-refractivity contribution in [2.45, 2.75) is 323 Å². The van der Waals surface area contributed by atoms with Gasteiger partial charge in [-0.25, -0.2) is 0 Å². The van der Waals surface area contributed by atoms with Crippen LogP contribution in [0.15, 0.2) is 114 Å². The highest BCUT2D eigenvalue weighted by atomic mass is 79.9. The van der Waals surface area contributed by atoms with Crippen LogP contribution < -0.4 is 9.47 Å². The van der Waals surface area contributed by atoms with E-state index in [2.05, 4.69) is 209 Å². The van der Waals surface area contributed by atoms with Crippen molar-refractivity contribution >= 4 is 46.9 Å². The van der Waals surface area contributed by atoms with Crippen molar-refractivity contribution in [3.05, 3.63) is 197 Å². The van der Waals surface area contributed by atoms with E-state index in [-0.39, 0.29) is 68.2 Å². The summed E-state index contributed by atoms with van der Waals surface area (Å²) in [5.74, 6) is 1.45. The van der Waals surface area contributed by atoms with Crippen molar-refractivity contribution < 1.29 is 56.7 Å². The summed E-state index contributed by atoms with van der Waals surface area (Å²) in [7, 11) is 1.77. The molecule has 109 heavy (non-hydrogen) atoms. The van der Waals surface area contributed by atoms with Crippen LogP contribution in [-0.2, 0) is 91.5 Å². The second kappa shape index (κ2) is 32.8. The van der Waals surface area contributed by atoms with Gasteiger partial charge in [0.25, 0.3) is 0 Å². The fraction of sp³-hybridized carbons (Fsp3) is 0.602. The molecular formula is C93H131BrO12Si3. The normalized spacial score (nSPS) is 23.3. The van der Waals surface area contributed by atoms with Crippen LogP contribution in [0.1, 0.15) is 298 Å². The number of rotatable bonds is 17. The number of hydrogen-bond acceptors (Lipinski definition) is 12. The molecule has 6 aromatic rings. The molecule has 0 spiro atoms. The van der Waals surface area contributed by atoms with Gasteiger partial charge in [0.1, 0.15) is 17.6 Å². The van der Waals surface area contributed by atoms with Crippen molar-refractivity contribution in [3.63, 3.8) is 0 Å². The first-order chi connectivity index (χ1) is 51.5. The Bertz CT molecular complexity index is 4170. The monoisotopic (exact) mass is 1600 g/mol. The quantitative estimate of drug-likeness (QED) is 0.0663. The molecule has 10 aliphatic rings. The Balaban J connectivity index is 0.000000129. The molecule has 0 unspecified atom stereocenters. The van der Waals surface area contributed by atoms with Gasteiger partial charge in [-0.05, 0) is 286 Å². The second-order valence-electron chi connectivity index (χ2n) is 37.7. The van der Waals surface area contributed by atoms with Gasteiger partial charge in [0.05, 0.1) is 67.0 Å². The smallest absolute Gasteiger partial charge is 0.306 e. The van der Waals surface area contributed by atoms with Gasteiger partial charge in [0, 0.05) is 43.3 Å². The highest BCUT2D eigenvalue weighted by Crippen LogP contribution is 2.55. The van der Waals surface area contributed by atoms with Crippen LogP contribution in [0.2, 0.25) is 54.4 Å². The summed E-state index contributed by atoms with van der Waals surface area (Å²) in [6.07, 6.45) is 24.9. The molecule has 4 saturated carbocycles. The highest BCUT2D eigenvalue weighted by molar-refractivity contribution is 9.10. The maximum atomic E-state index is 11.6. The van der Waals surface area contributed by atoms with Crippen molar-refractivity contribution in [1.82, 2.24) is 0 Å². The van der Waals surface area contributed by atoms with E-state index in [9.17, 15) is 15.0 Å². The lowest BCUT2D eigenvalue weighted by Gasteiger charge is -2.42. The Labute approximate surface area is 666 Å². The predicted molar refractivity (Wildman–Crippen MR) is 450 cm³/mol. The van der Waals surface area contributed by atoms with Crippen LogP contribution in [-0.4, -0.2) is 76.2 Å². The predicted octanol–water partition coefficient (Wildman–Crippen LogP) is 23.8. The molecule has 1 heterocycles. The number of aliphatic hydroxyl groups excluding tert-OH is 1. The molecule has 6 aromatic carbocycles. The summed E-state index contributed by atoms with van der Waals surface area (Å²) in [6, 6.07) is 38.5. The number of esters is 1. The summed E-state index contributed by atoms with van der Waals surface area (Å²) < 4.78 is 55.9. The first-order valence-corrected chi connectivity index (χ1v) is 50.8. The molecule has 0 aromatic heterocycles. The van der Waals surface area contributed by atoms with Gasteiger partial charge in [-0.15, -0.1) is 0 Å². The highest BCUT2D eigenvalue weighted by Gasteiger charge is 2.49. The van der Waals surface area contributed by atoms with E-state index < -0.39 is 30.6 Å². The number of carbonyl (C=O) groups is 1. The van der Waals surface area contributed by atoms with Crippen LogP contribution in [0.25, 0.3) is 0 Å². The van der Waals surface area contributed by atoms with Crippen LogP contribution >= 0.6 is 15.9 Å². The topological polar surface area (TPSA) is 141 Å². The molecule has 1 aliphatic heterocycles. The summed E-state index contributed by atoms with van der Waals surface area (Å²) in [6.45, 7) is 35.3. The molecule has 0 radical (unpaired) electrons. The molecule has 12 nitrogen and oxygen atoms in total. The number of benzene rings is 6. The summed E-state index contributed by atoms with van der Waals surface area (Å²) in [5.41, 5.74) is 19.3. The van der Waals surface area contributed by atoms with E-state index in [1.54, 1.807) is 0 Å². The molecule has 16 heteroatoms. The number of aliphatic hydroxyl groups is 2. The molecule has 594 valence electrons. The van der Waals surface area contributed by atoms with E-state index in [0.29, 0.717) is 19.1 Å². The molecule has 6 atom stereocenters. The molecule has 2 N–H and O–H groups in total. The molecule has 0 bridgehead atoms. The van der Waals surface area contributed by atoms with Gasteiger partial charge in [-0.3, -0.25) is 4.79 Å². The standard InChI is InChI=1S/C25H28O5.C20H32O2Si.C19H30O2Si.C15H23BrOSi.C14H18O2/c1-27-24(26)13-16-15-29-23-14-17(7-8-18(16)23)30-22-10-9-19-20(22)5-3-6-21(19)25(28-2)11-4-12-25;1-19(2,3)23(5,6)22-18-12-11-15-16(18)9-7-10-17(15)20(21-4)13-8-14-20;1-18(2,3)22(4,5)21-17-11-10-14-15(17)8-6-9-16(14)19(20)12-7-13-19;1-15(2,3)18(4,5)17-14-10-9-11-12(14)7-6-8-13(11)16;1-16-14(8-3-9-14)12-5-2-4-11-10(12)6-7-13(11)15/h3,5-8,14,16,22H,4,9-13,15H2,1-2H3;7,9-10,18H,8,11-14H2,1-6H3;6,8-9,17,20H,7,10-13H2,1-5H3;6-8,14H,9-10H2,1-5H3;2,4-5,13,15H,3,6-9H2,1H3/t16-,22-;18-;17-;14-;13-/m10000/s1. The SMILES string of the molecule is CC(C)(C)[Si](C)(C)O[C@H]1CCc2c(Br)cccc21.CC(C)(C)[Si](C)(C)O[C@H]1CCc2c1cccc2C1(O)CCC1.COC(=O)C[C@@H]1COc2cc(O[C@@H]3CCc4c3cccc4C3(OC)CCC3)ccc21.COC1(c2cccc3c2CC[C@@H]3O)CCC1.COC1(c2cccc3c2CC[C@@H]3O[Si](C)(C)C(C)(C)C)CCC1. The van der Waals surface area contributed by atoms with Crippen molar-refractivity contribution in [2.75, 3.05) is 35.0 Å². The zero-order valence-electron chi connectivity index (χ0n) is 69.7. The van der Waals surface area contributed by atoms with E-state index in [1.807, 2.05) is 39.5 Å². The Hall–Kier alpha value is -4.80. The average molecular weight is 1610 g/mol. The molecule has 0 saturated heterocycles. The first kappa shape index (κ1) is 83.6. The largest absolute Gasteiger partial charge is 0.492 e. The number of hydrogen-bond donors (Lipinski definition) is 2. The Morgan fingerprint density at radius 1 is 0.459 bits per heavy atom. The zero-order valence-corrected chi connectivity index (χ0v) is 74.3. The minimum absolute atomic E-state index is 0.0167. The van der Waals surface area contributed by atoms with Gasteiger partial charge in [-0.1, -0.05) is 169 Å². The third kappa shape index (κ3) is 17.0. The summed E-state index contributed by atoms with van der Waals surface area (Å²) in [5, 5.41) is 21.4. The van der Waals surface area contributed by atoms with Gasteiger partial charge in [-0.2, -0.15) is 0 Å². The van der Waals surface area contributed by atoms with Crippen molar-refractivity contribution in [3.8, 4) is 11.5 Å². The number of carbonyl (C=O) groups excluding carboxylic acids is 1. The molecule has 4 fully saturated rings. The molecule has 9 aliphatic carbocycles. The number of fused-ring (bicyclic) bond motifs is 6. The lowest BCUT2D eigenvalue weighted by atomic mass is 9.73. The summed E-state index contributed by atoms with van der Waals surface area (Å²) in [4.78, 5) is 11.6. The minimum Gasteiger partial charge on any atom is -0.492 e. The van der Waals surface area contributed by atoms with E-state index in [0.717, 1.165) is 145 Å². The second-order valence-corrected chi connectivity index (χ2v) is 52.9. The van der Waals surface area contributed by atoms with Crippen LogP contribution in [0.5, 0.6) is 11.5 Å². The van der Waals surface area contributed by atoms with Crippen LogP contribution in [0.3, 0.4) is 0 Å². The number of halogens is 1. The zero-order chi connectivity index (χ0) is 78.5. The van der Waals surface area contributed by atoms with E-state index in [4.69, 9.17) is 41.7 Å². The fourth-order valence-corrected chi connectivity index (χ4v) is 22.3. The third-order valence-electron chi connectivity index (χ3n) is 28.4. The third-order valence-corrected chi connectivity index (χ3v) is 42.6. The van der Waals surface area contributed by atoms with Gasteiger partial charge in [0.15, 0.2) is 25.0 Å². The molecule has 0 amide bonds. The van der Waals surface area contributed by atoms with Crippen molar-refractivity contribution in [1.29, 1.82) is 0 Å². The Morgan fingerprint density at radius 2 is 0.817 bits per heavy atom.